The normalized spacial score (nSPS) is 10.9. The summed E-state index contributed by atoms with van der Waals surface area (Å²) in [5.74, 6) is -12.6. The number of hydrogen-bond donors (Lipinski definition) is 1. The van der Waals surface area contributed by atoms with Gasteiger partial charge in [0.25, 0.3) is 5.91 Å². The number of aromatic nitrogens is 1. The highest BCUT2D eigenvalue weighted by Crippen LogP contribution is 2.26. The van der Waals surface area contributed by atoms with Crippen molar-refractivity contribution >= 4 is 22.5 Å². The molecule has 0 saturated heterocycles. The van der Waals surface area contributed by atoms with Gasteiger partial charge in [0.05, 0.1) is 11.2 Å². The van der Waals surface area contributed by atoms with E-state index in [0.717, 1.165) is 0 Å². The Morgan fingerprint density at radius 2 is 1.42 bits per heavy atom. The van der Waals surface area contributed by atoms with E-state index in [1.165, 1.54) is 18.3 Å². The van der Waals surface area contributed by atoms with Crippen molar-refractivity contribution in [3.63, 3.8) is 0 Å². The molecule has 1 heterocycles. The van der Waals surface area contributed by atoms with Gasteiger partial charge in [-0.25, -0.2) is 22.0 Å². The van der Waals surface area contributed by atoms with E-state index in [9.17, 15) is 26.7 Å². The number of carbonyl (C=O) groups is 1. The van der Waals surface area contributed by atoms with Crippen LogP contribution in [0.25, 0.3) is 10.9 Å². The molecule has 8 heteroatoms. The third kappa shape index (κ3) is 2.45. The van der Waals surface area contributed by atoms with Gasteiger partial charge in [-0.15, -0.1) is 0 Å². The van der Waals surface area contributed by atoms with Crippen LogP contribution in [0.3, 0.4) is 0 Å². The third-order valence-corrected chi connectivity index (χ3v) is 3.32. The molecule has 0 bridgehead atoms. The number of rotatable bonds is 2. The molecule has 1 amide bonds. The summed E-state index contributed by atoms with van der Waals surface area (Å²) in [6, 6.07) is 7.92. The number of hydrogen-bond acceptors (Lipinski definition) is 2. The Hall–Kier alpha value is -3.03. The molecular formula is C16H7F5N2O. The highest BCUT2D eigenvalue weighted by Gasteiger charge is 2.29. The Balaban J connectivity index is 2.08. The van der Waals surface area contributed by atoms with Crippen LogP contribution >= 0.6 is 0 Å². The first-order valence-electron chi connectivity index (χ1n) is 6.58. The van der Waals surface area contributed by atoms with Crippen LogP contribution in [0.1, 0.15) is 10.4 Å². The van der Waals surface area contributed by atoms with Crippen LogP contribution < -0.4 is 5.32 Å². The van der Waals surface area contributed by atoms with Gasteiger partial charge in [-0.1, -0.05) is 18.2 Å². The molecule has 0 radical (unpaired) electrons. The summed E-state index contributed by atoms with van der Waals surface area (Å²) >= 11 is 0. The van der Waals surface area contributed by atoms with Crippen LogP contribution in [0, 0.1) is 29.1 Å². The fraction of sp³-hybridized carbons (Fsp3) is 0. The average molecular weight is 338 g/mol. The molecule has 1 N–H and O–H groups in total. The number of halogens is 5. The standard InChI is InChI=1S/C16H7F5N2O/c17-10-9(11(18)13(20)14(21)12(10)19)16(24)23-8-5-1-3-7-4-2-6-22-15(7)8/h1-6H,(H,23,24). The van der Waals surface area contributed by atoms with Gasteiger partial charge >= 0.3 is 0 Å². The molecule has 122 valence electrons. The van der Waals surface area contributed by atoms with Crippen molar-refractivity contribution in [3.8, 4) is 0 Å². The van der Waals surface area contributed by atoms with Gasteiger partial charge in [0.2, 0.25) is 5.82 Å². The van der Waals surface area contributed by atoms with E-state index in [0.29, 0.717) is 10.9 Å². The van der Waals surface area contributed by atoms with Crippen LogP contribution in [-0.4, -0.2) is 10.9 Å². The summed E-state index contributed by atoms with van der Waals surface area (Å²) in [6.45, 7) is 0. The van der Waals surface area contributed by atoms with Crippen LogP contribution in [-0.2, 0) is 0 Å². The van der Waals surface area contributed by atoms with Gasteiger partial charge in [-0.3, -0.25) is 9.78 Å². The number of pyridine rings is 1. The maximum absolute atomic E-state index is 13.7. The van der Waals surface area contributed by atoms with E-state index in [1.54, 1.807) is 18.2 Å². The summed E-state index contributed by atoms with van der Waals surface area (Å²) in [6.07, 6.45) is 1.43. The number of para-hydroxylation sites is 1. The van der Waals surface area contributed by atoms with E-state index in [4.69, 9.17) is 0 Å². The van der Waals surface area contributed by atoms with Gasteiger partial charge in [-0.2, -0.15) is 0 Å². The zero-order valence-corrected chi connectivity index (χ0v) is 11.7. The minimum atomic E-state index is -2.33. The van der Waals surface area contributed by atoms with Crippen molar-refractivity contribution in [1.29, 1.82) is 0 Å². The van der Waals surface area contributed by atoms with E-state index in [-0.39, 0.29) is 5.69 Å². The highest BCUT2D eigenvalue weighted by atomic mass is 19.2. The summed E-state index contributed by atoms with van der Waals surface area (Å²) in [4.78, 5) is 16.1. The molecule has 0 spiro atoms. The number of amides is 1. The Labute approximate surface area is 131 Å². The SMILES string of the molecule is O=C(Nc1cccc2cccnc12)c1c(F)c(F)c(F)c(F)c1F. The first-order valence-corrected chi connectivity index (χ1v) is 6.58. The fourth-order valence-electron chi connectivity index (χ4n) is 2.19. The average Bonchev–Trinajstić information content (AvgIpc) is 2.59. The van der Waals surface area contributed by atoms with Gasteiger partial charge in [0.15, 0.2) is 23.3 Å². The minimum absolute atomic E-state index is 0.0713. The van der Waals surface area contributed by atoms with Crippen LogP contribution in [0.5, 0.6) is 0 Å². The topological polar surface area (TPSA) is 42.0 Å². The minimum Gasteiger partial charge on any atom is -0.320 e. The van der Waals surface area contributed by atoms with Crippen molar-refractivity contribution in [2.24, 2.45) is 0 Å². The zero-order chi connectivity index (χ0) is 17.4. The fourth-order valence-corrected chi connectivity index (χ4v) is 2.19. The number of anilines is 1. The van der Waals surface area contributed by atoms with Crippen molar-refractivity contribution in [2.75, 3.05) is 5.32 Å². The maximum atomic E-state index is 13.7. The van der Waals surface area contributed by atoms with Gasteiger partial charge in [0, 0.05) is 11.6 Å². The second kappa shape index (κ2) is 5.88. The molecule has 0 saturated carbocycles. The molecule has 3 nitrogen and oxygen atoms in total. The second-order valence-electron chi connectivity index (χ2n) is 4.78. The Kier molecular flexibility index (Phi) is 3.88. The van der Waals surface area contributed by atoms with E-state index in [1.807, 2.05) is 0 Å². The summed E-state index contributed by atoms with van der Waals surface area (Å²) in [5.41, 5.74) is -1.18. The van der Waals surface area contributed by atoms with Crippen LogP contribution in [0.4, 0.5) is 27.6 Å². The largest absolute Gasteiger partial charge is 0.320 e. The number of nitrogens with zero attached hydrogens (tertiary/aromatic N) is 1. The molecule has 0 unspecified atom stereocenters. The molecule has 0 aliphatic carbocycles. The molecule has 1 aromatic heterocycles. The Morgan fingerprint density at radius 3 is 2.08 bits per heavy atom. The third-order valence-electron chi connectivity index (χ3n) is 3.32. The smallest absolute Gasteiger partial charge is 0.261 e. The maximum Gasteiger partial charge on any atom is 0.261 e. The highest BCUT2D eigenvalue weighted by molar-refractivity contribution is 6.08. The lowest BCUT2D eigenvalue weighted by atomic mass is 10.1. The second-order valence-corrected chi connectivity index (χ2v) is 4.78. The summed E-state index contributed by atoms with van der Waals surface area (Å²) in [5, 5.41) is 2.74. The van der Waals surface area contributed by atoms with Crippen LogP contribution in [0.2, 0.25) is 0 Å². The Bertz CT molecular complexity index is 940. The number of carbonyl (C=O) groups excluding carboxylic acids is 1. The number of fused-ring (bicyclic) bond motifs is 1. The summed E-state index contributed by atoms with van der Waals surface area (Å²) in [7, 11) is 0. The lowest BCUT2D eigenvalue weighted by Gasteiger charge is -2.10. The number of benzene rings is 2. The van der Waals surface area contributed by atoms with E-state index in [2.05, 4.69) is 10.3 Å². The lowest BCUT2D eigenvalue weighted by molar-refractivity contribution is 0.101. The first-order chi connectivity index (χ1) is 11.4. The molecule has 0 atom stereocenters. The molecule has 0 fully saturated rings. The Morgan fingerprint density at radius 1 is 0.833 bits per heavy atom. The molecule has 0 aliphatic heterocycles. The van der Waals surface area contributed by atoms with Crippen molar-refractivity contribution in [1.82, 2.24) is 4.98 Å². The molecule has 3 aromatic rings. The van der Waals surface area contributed by atoms with Gasteiger partial charge < -0.3 is 5.32 Å². The zero-order valence-electron chi connectivity index (χ0n) is 11.7. The molecule has 24 heavy (non-hydrogen) atoms. The van der Waals surface area contributed by atoms with Crippen LogP contribution in [0.15, 0.2) is 36.5 Å². The quantitative estimate of drug-likeness (QED) is 0.433. The van der Waals surface area contributed by atoms with Crippen molar-refractivity contribution in [3.05, 3.63) is 71.2 Å². The predicted molar refractivity (Wildman–Crippen MR) is 75.9 cm³/mol. The van der Waals surface area contributed by atoms with Crippen molar-refractivity contribution in [2.45, 2.75) is 0 Å². The number of nitrogens with one attached hydrogen (secondary N) is 1. The lowest BCUT2D eigenvalue weighted by Crippen LogP contribution is -2.19. The van der Waals surface area contributed by atoms with E-state index < -0.39 is 40.6 Å². The molecule has 2 aromatic carbocycles. The molecule has 0 aliphatic rings. The first kappa shape index (κ1) is 15.9. The van der Waals surface area contributed by atoms with Gasteiger partial charge in [0.1, 0.15) is 5.56 Å². The molecule has 3 rings (SSSR count). The van der Waals surface area contributed by atoms with E-state index >= 15 is 0 Å². The van der Waals surface area contributed by atoms with Crippen molar-refractivity contribution < 1.29 is 26.7 Å². The monoisotopic (exact) mass is 338 g/mol. The van der Waals surface area contributed by atoms with Gasteiger partial charge in [-0.05, 0) is 12.1 Å². The molecular weight excluding hydrogens is 331 g/mol. The summed E-state index contributed by atoms with van der Waals surface area (Å²) < 4.78 is 66.8. The predicted octanol–water partition coefficient (Wildman–Crippen LogP) is 4.18.